The summed E-state index contributed by atoms with van der Waals surface area (Å²) in [4.78, 5) is 41.2. The molecule has 0 saturated carbocycles. The number of aliphatic hydroxyl groups excluding tert-OH is 1. The molecule has 10 nitrogen and oxygen atoms in total. The lowest BCUT2D eigenvalue weighted by Crippen LogP contribution is -2.46. The molecule has 3 N–H and O–H groups in total. The lowest BCUT2D eigenvalue weighted by molar-refractivity contribution is -0.146. The Balaban J connectivity index is 1.38. The number of fused-ring (bicyclic) bond motifs is 2. The molecule has 0 bridgehead atoms. The predicted molar refractivity (Wildman–Crippen MR) is 173 cm³/mol. The number of hydrogen-bond donors (Lipinski definition) is 3. The summed E-state index contributed by atoms with van der Waals surface area (Å²) in [5, 5.41) is 20.6. The SMILES string of the molecule is C[C@H]1[C@H]([Si](C)(C)O)[C@@H](CCn2cc(CCO)nn2)O[C@]12C(=O)N(Cc1ccccc1)c1ccc(NC(=O)c3ccccc3)cc12. The van der Waals surface area contributed by atoms with Crippen LogP contribution in [-0.2, 0) is 34.6 Å². The number of benzene rings is 3. The number of ether oxygens (including phenoxy) is 1. The van der Waals surface area contributed by atoms with Crippen LogP contribution in [0.15, 0.2) is 85.1 Å². The molecule has 0 aliphatic carbocycles. The second-order valence-corrected chi connectivity index (χ2v) is 16.5. The van der Waals surface area contributed by atoms with E-state index in [1.165, 1.54) is 0 Å². The van der Waals surface area contributed by atoms with Crippen LogP contribution in [0.3, 0.4) is 0 Å². The first kappa shape index (κ1) is 30.8. The number of nitrogens with one attached hydrogen (secondary N) is 1. The van der Waals surface area contributed by atoms with Gasteiger partial charge in [-0.3, -0.25) is 14.3 Å². The summed E-state index contributed by atoms with van der Waals surface area (Å²) < 4.78 is 8.68. The molecule has 0 unspecified atom stereocenters. The molecule has 0 radical (unpaired) electrons. The minimum atomic E-state index is -2.86. The molecule has 4 atom stereocenters. The van der Waals surface area contributed by atoms with E-state index in [1.807, 2.05) is 86.7 Å². The van der Waals surface area contributed by atoms with E-state index < -0.39 is 20.0 Å². The van der Waals surface area contributed by atoms with Gasteiger partial charge in [0.2, 0.25) is 0 Å². The number of carbonyl (C=O) groups is 2. The quantitative estimate of drug-likeness (QED) is 0.221. The number of carbonyl (C=O) groups excluding carboxylic acids is 2. The van der Waals surface area contributed by atoms with Crippen LogP contribution in [0.5, 0.6) is 0 Å². The van der Waals surface area contributed by atoms with Gasteiger partial charge in [-0.25, -0.2) is 0 Å². The van der Waals surface area contributed by atoms with E-state index >= 15 is 0 Å². The van der Waals surface area contributed by atoms with E-state index in [1.54, 1.807) is 27.9 Å². The highest BCUT2D eigenvalue weighted by molar-refractivity contribution is 6.71. The zero-order chi connectivity index (χ0) is 31.8. The molecule has 1 aromatic heterocycles. The Hall–Kier alpha value is -4.16. The third-order valence-corrected chi connectivity index (χ3v) is 11.6. The van der Waals surface area contributed by atoms with Gasteiger partial charge in [-0.2, -0.15) is 0 Å². The van der Waals surface area contributed by atoms with E-state index in [2.05, 4.69) is 15.6 Å². The van der Waals surface area contributed by atoms with Crippen molar-refractivity contribution in [1.29, 1.82) is 0 Å². The zero-order valence-electron chi connectivity index (χ0n) is 25.8. The highest BCUT2D eigenvalue weighted by atomic mass is 28.4. The molecular formula is C34H39N5O5Si. The molecule has 2 aliphatic heterocycles. The maximum absolute atomic E-state index is 14.7. The molecule has 234 valence electrons. The third-order valence-electron chi connectivity index (χ3n) is 9.06. The van der Waals surface area contributed by atoms with Gasteiger partial charge in [-0.15, -0.1) is 5.10 Å². The van der Waals surface area contributed by atoms with Crippen LogP contribution in [0.1, 0.15) is 40.5 Å². The maximum atomic E-state index is 14.7. The predicted octanol–water partition coefficient (Wildman–Crippen LogP) is 4.50. The minimum absolute atomic E-state index is 0.00830. The van der Waals surface area contributed by atoms with Crippen molar-refractivity contribution in [3.05, 3.63) is 107 Å². The summed E-state index contributed by atoms with van der Waals surface area (Å²) in [7, 11) is -2.86. The van der Waals surface area contributed by atoms with Crippen molar-refractivity contribution in [3.63, 3.8) is 0 Å². The largest absolute Gasteiger partial charge is 0.432 e. The van der Waals surface area contributed by atoms with Crippen LogP contribution < -0.4 is 10.2 Å². The summed E-state index contributed by atoms with van der Waals surface area (Å²) in [5.41, 5.74) is 2.60. The van der Waals surface area contributed by atoms with Gasteiger partial charge in [-0.05, 0) is 55.4 Å². The fourth-order valence-electron chi connectivity index (χ4n) is 7.08. The normalized spacial score (nSPS) is 22.6. The Bertz CT molecular complexity index is 1680. The summed E-state index contributed by atoms with van der Waals surface area (Å²) >= 11 is 0. The summed E-state index contributed by atoms with van der Waals surface area (Å²) in [6.07, 6.45) is 2.32. The van der Waals surface area contributed by atoms with Crippen molar-refractivity contribution in [2.24, 2.45) is 5.92 Å². The number of aryl methyl sites for hydroxylation is 1. The second-order valence-electron chi connectivity index (χ2n) is 12.5. The van der Waals surface area contributed by atoms with Crippen molar-refractivity contribution in [1.82, 2.24) is 15.0 Å². The van der Waals surface area contributed by atoms with Crippen molar-refractivity contribution in [2.45, 2.75) is 63.2 Å². The molecule has 1 saturated heterocycles. The molecular weight excluding hydrogens is 586 g/mol. The Morgan fingerprint density at radius 2 is 1.78 bits per heavy atom. The highest BCUT2D eigenvalue weighted by Crippen LogP contribution is 2.60. The fourth-order valence-corrected chi connectivity index (χ4v) is 9.68. The van der Waals surface area contributed by atoms with Gasteiger partial charge in [0.25, 0.3) is 11.8 Å². The van der Waals surface area contributed by atoms with E-state index in [0.29, 0.717) is 48.4 Å². The second kappa shape index (κ2) is 12.3. The highest BCUT2D eigenvalue weighted by Gasteiger charge is 2.66. The van der Waals surface area contributed by atoms with Crippen LogP contribution in [0, 0.1) is 5.92 Å². The number of hydrogen-bond acceptors (Lipinski definition) is 7. The topological polar surface area (TPSA) is 130 Å². The van der Waals surface area contributed by atoms with Crippen molar-refractivity contribution >= 4 is 31.5 Å². The molecule has 11 heteroatoms. The van der Waals surface area contributed by atoms with Crippen molar-refractivity contribution in [3.8, 4) is 0 Å². The third kappa shape index (κ3) is 5.84. The van der Waals surface area contributed by atoms with Gasteiger partial charge in [0, 0.05) is 54.0 Å². The van der Waals surface area contributed by atoms with Crippen LogP contribution >= 0.6 is 0 Å². The average molecular weight is 626 g/mol. The monoisotopic (exact) mass is 625 g/mol. The van der Waals surface area contributed by atoms with E-state index in [0.717, 1.165) is 11.3 Å². The van der Waals surface area contributed by atoms with E-state index in [9.17, 15) is 19.5 Å². The molecule has 3 heterocycles. The van der Waals surface area contributed by atoms with Gasteiger partial charge >= 0.3 is 0 Å². The van der Waals surface area contributed by atoms with Gasteiger partial charge in [0.1, 0.15) is 0 Å². The van der Waals surface area contributed by atoms with Crippen LogP contribution in [-0.4, -0.2) is 57.7 Å². The summed E-state index contributed by atoms with van der Waals surface area (Å²) in [5.74, 6) is -0.761. The lowest BCUT2D eigenvalue weighted by Gasteiger charge is -2.32. The van der Waals surface area contributed by atoms with Crippen LogP contribution in [0.25, 0.3) is 0 Å². The zero-order valence-corrected chi connectivity index (χ0v) is 26.8. The Kier molecular flexibility index (Phi) is 8.44. The first-order valence-corrected chi connectivity index (χ1v) is 18.4. The Morgan fingerprint density at radius 1 is 1.07 bits per heavy atom. The molecule has 4 aromatic rings. The number of aromatic nitrogens is 3. The van der Waals surface area contributed by atoms with Crippen LogP contribution in [0.4, 0.5) is 11.4 Å². The molecule has 1 spiro atoms. The van der Waals surface area contributed by atoms with E-state index in [-0.39, 0.29) is 29.9 Å². The fraction of sp³-hybridized carbons (Fsp3) is 0.353. The number of amides is 2. The van der Waals surface area contributed by atoms with Gasteiger partial charge in [-0.1, -0.05) is 60.7 Å². The average Bonchev–Trinajstić information content (AvgIpc) is 3.67. The number of rotatable bonds is 10. The van der Waals surface area contributed by atoms with Crippen LogP contribution in [0.2, 0.25) is 18.6 Å². The Labute approximate surface area is 263 Å². The molecule has 2 aliphatic rings. The smallest absolute Gasteiger partial charge is 0.264 e. The number of nitrogens with zero attached hydrogens (tertiary/aromatic N) is 4. The van der Waals surface area contributed by atoms with Crippen molar-refractivity contribution < 1.29 is 24.2 Å². The molecule has 2 amide bonds. The molecule has 45 heavy (non-hydrogen) atoms. The first-order valence-electron chi connectivity index (χ1n) is 15.4. The van der Waals surface area contributed by atoms with E-state index in [4.69, 9.17) is 4.74 Å². The molecule has 6 rings (SSSR count). The maximum Gasteiger partial charge on any atom is 0.264 e. The summed E-state index contributed by atoms with van der Waals surface area (Å²) in [6, 6.07) is 24.4. The number of aliphatic hydroxyl groups is 1. The number of anilines is 2. The van der Waals surface area contributed by atoms with Crippen molar-refractivity contribution in [2.75, 3.05) is 16.8 Å². The Morgan fingerprint density at radius 3 is 2.47 bits per heavy atom. The molecule has 1 fully saturated rings. The van der Waals surface area contributed by atoms with Gasteiger partial charge < -0.3 is 24.9 Å². The summed E-state index contributed by atoms with van der Waals surface area (Å²) in [6.45, 7) is 6.64. The van der Waals surface area contributed by atoms with Gasteiger partial charge in [0.15, 0.2) is 13.9 Å². The molecule has 3 aromatic carbocycles. The first-order chi connectivity index (χ1) is 21.6. The lowest BCUT2D eigenvalue weighted by atomic mass is 9.82. The standard InChI is InChI=1S/C34H39N5O5Si/c1-23-31(45(2,3)43)30(16-18-38-22-27(17-19-40)36-37-38)44-34(23)28-20-26(35-32(41)25-12-8-5-9-13-25)14-15-29(28)39(33(34)42)21-24-10-6-4-7-11-24/h4-15,20,22-23,30-31,40,43H,16-19,21H2,1-3H3,(H,35,41)/t23-,30+,31-,34+/m0/s1. The van der Waals surface area contributed by atoms with Gasteiger partial charge in [0.05, 0.1) is 24.0 Å². The minimum Gasteiger partial charge on any atom is -0.432 e.